The Hall–Kier alpha value is -2.39. The van der Waals surface area contributed by atoms with Crippen molar-refractivity contribution in [3.05, 3.63) is 34.6 Å². The van der Waals surface area contributed by atoms with E-state index in [0.717, 1.165) is 12.0 Å². The summed E-state index contributed by atoms with van der Waals surface area (Å²) < 4.78 is 5.34. The van der Waals surface area contributed by atoms with Gasteiger partial charge in [0.1, 0.15) is 6.07 Å². The van der Waals surface area contributed by atoms with E-state index >= 15 is 0 Å². The van der Waals surface area contributed by atoms with Crippen LogP contribution in [-0.4, -0.2) is 21.6 Å². The summed E-state index contributed by atoms with van der Waals surface area (Å²) in [5, 5.41) is 12.2. The molecular formula is C14H14ClN5O. The number of rotatable bonds is 5. The van der Waals surface area contributed by atoms with Crippen molar-refractivity contribution in [3.63, 3.8) is 0 Å². The number of anilines is 2. The lowest BCUT2D eigenvalue weighted by molar-refractivity contribution is 0.292. The van der Waals surface area contributed by atoms with Gasteiger partial charge < -0.3 is 10.1 Å². The number of aromatic nitrogens is 3. The monoisotopic (exact) mass is 303 g/mol. The fourth-order valence-electron chi connectivity index (χ4n) is 1.69. The first-order valence-electron chi connectivity index (χ1n) is 6.45. The third-order valence-electron chi connectivity index (χ3n) is 2.65. The molecule has 2 rings (SSSR count). The van der Waals surface area contributed by atoms with Gasteiger partial charge in [0.2, 0.25) is 11.2 Å². The maximum Gasteiger partial charge on any atom is 0.322 e. The highest BCUT2D eigenvalue weighted by Gasteiger charge is 2.10. The van der Waals surface area contributed by atoms with E-state index in [1.807, 2.05) is 26.0 Å². The molecule has 0 radical (unpaired) electrons. The Balaban J connectivity index is 2.30. The molecule has 0 fully saturated rings. The minimum atomic E-state index is 0.0322. The summed E-state index contributed by atoms with van der Waals surface area (Å²) in [6, 6.07) is 7.79. The first-order valence-corrected chi connectivity index (χ1v) is 6.83. The number of nitrogens with one attached hydrogen (secondary N) is 1. The Morgan fingerprint density at radius 2 is 2.14 bits per heavy atom. The molecule has 1 N–H and O–H groups in total. The average Bonchev–Trinajstić information content (AvgIpc) is 2.45. The smallest absolute Gasteiger partial charge is 0.322 e. The standard InChI is InChI=1S/C14H14ClN5O/c1-3-7-21-14-19-12(15)18-13(20-14)17-11-6-4-5-9(2)10(11)8-16/h4-6H,3,7H2,1-2H3,(H,17,18,19,20). The first-order chi connectivity index (χ1) is 10.1. The summed E-state index contributed by atoms with van der Waals surface area (Å²) in [4.78, 5) is 12.0. The van der Waals surface area contributed by atoms with Gasteiger partial charge in [0.05, 0.1) is 17.9 Å². The quantitative estimate of drug-likeness (QED) is 0.913. The van der Waals surface area contributed by atoms with E-state index in [9.17, 15) is 5.26 Å². The van der Waals surface area contributed by atoms with E-state index in [-0.39, 0.29) is 17.2 Å². The molecule has 1 heterocycles. The van der Waals surface area contributed by atoms with E-state index in [1.54, 1.807) is 6.07 Å². The number of hydrogen-bond acceptors (Lipinski definition) is 6. The SMILES string of the molecule is CCCOc1nc(Cl)nc(Nc2cccc(C)c2C#N)n1. The van der Waals surface area contributed by atoms with Crippen molar-refractivity contribution in [1.82, 2.24) is 15.0 Å². The molecule has 1 aromatic heterocycles. The van der Waals surface area contributed by atoms with Crippen LogP contribution >= 0.6 is 11.6 Å². The van der Waals surface area contributed by atoms with Gasteiger partial charge in [-0.1, -0.05) is 19.1 Å². The molecule has 108 valence electrons. The van der Waals surface area contributed by atoms with Crippen LogP contribution in [-0.2, 0) is 0 Å². The maximum absolute atomic E-state index is 9.21. The van der Waals surface area contributed by atoms with Gasteiger partial charge in [-0.2, -0.15) is 20.2 Å². The zero-order chi connectivity index (χ0) is 15.2. The highest BCUT2D eigenvalue weighted by molar-refractivity contribution is 6.28. The molecule has 0 unspecified atom stereocenters. The minimum absolute atomic E-state index is 0.0322. The van der Waals surface area contributed by atoms with Crippen LogP contribution in [0.5, 0.6) is 6.01 Å². The number of halogens is 1. The number of nitriles is 1. The number of aryl methyl sites for hydroxylation is 1. The second-order valence-electron chi connectivity index (χ2n) is 4.29. The molecule has 0 aliphatic rings. The van der Waals surface area contributed by atoms with E-state index in [1.165, 1.54) is 0 Å². The minimum Gasteiger partial charge on any atom is -0.463 e. The van der Waals surface area contributed by atoms with Crippen LogP contribution in [0.2, 0.25) is 5.28 Å². The molecule has 1 aromatic carbocycles. The Labute approximate surface area is 127 Å². The number of ether oxygens (including phenoxy) is 1. The second-order valence-corrected chi connectivity index (χ2v) is 4.63. The van der Waals surface area contributed by atoms with Crippen molar-refractivity contribution in [2.75, 3.05) is 11.9 Å². The molecule has 0 saturated heterocycles. The molecule has 0 amide bonds. The Bertz CT molecular complexity index is 684. The van der Waals surface area contributed by atoms with Gasteiger partial charge in [-0.15, -0.1) is 0 Å². The van der Waals surface area contributed by atoms with E-state index in [2.05, 4.69) is 26.3 Å². The molecule has 0 atom stereocenters. The fraction of sp³-hybridized carbons (Fsp3) is 0.286. The maximum atomic E-state index is 9.21. The van der Waals surface area contributed by atoms with E-state index < -0.39 is 0 Å². The van der Waals surface area contributed by atoms with Gasteiger partial charge >= 0.3 is 6.01 Å². The Morgan fingerprint density at radius 1 is 1.33 bits per heavy atom. The third kappa shape index (κ3) is 3.80. The number of hydrogen-bond donors (Lipinski definition) is 1. The molecule has 0 spiro atoms. The van der Waals surface area contributed by atoms with Crippen LogP contribution in [0.1, 0.15) is 24.5 Å². The lowest BCUT2D eigenvalue weighted by Crippen LogP contribution is -2.05. The molecule has 0 saturated carbocycles. The largest absolute Gasteiger partial charge is 0.463 e. The van der Waals surface area contributed by atoms with Crippen LogP contribution in [0.4, 0.5) is 11.6 Å². The normalized spacial score (nSPS) is 10.0. The molecule has 7 heteroatoms. The van der Waals surface area contributed by atoms with Gasteiger partial charge in [-0.3, -0.25) is 0 Å². The lowest BCUT2D eigenvalue weighted by atomic mass is 10.1. The zero-order valence-electron chi connectivity index (χ0n) is 11.7. The van der Waals surface area contributed by atoms with Gasteiger partial charge in [-0.05, 0) is 36.6 Å². The molecule has 6 nitrogen and oxygen atoms in total. The average molecular weight is 304 g/mol. The topological polar surface area (TPSA) is 83.7 Å². The van der Waals surface area contributed by atoms with E-state index in [0.29, 0.717) is 17.9 Å². The zero-order valence-corrected chi connectivity index (χ0v) is 12.5. The number of benzene rings is 1. The predicted octanol–water partition coefficient (Wildman–Crippen LogP) is 3.24. The van der Waals surface area contributed by atoms with Crippen molar-refractivity contribution >= 4 is 23.2 Å². The predicted molar refractivity (Wildman–Crippen MR) is 79.8 cm³/mol. The molecule has 2 aromatic rings. The fourth-order valence-corrected chi connectivity index (χ4v) is 1.84. The van der Waals surface area contributed by atoms with Crippen molar-refractivity contribution in [2.24, 2.45) is 0 Å². The summed E-state index contributed by atoms with van der Waals surface area (Å²) in [6.45, 7) is 4.33. The summed E-state index contributed by atoms with van der Waals surface area (Å²) in [6.07, 6.45) is 0.836. The Morgan fingerprint density at radius 3 is 2.86 bits per heavy atom. The molecule has 0 bridgehead atoms. The van der Waals surface area contributed by atoms with Gasteiger partial charge in [0.15, 0.2) is 0 Å². The molecule has 0 aliphatic carbocycles. The molecule has 21 heavy (non-hydrogen) atoms. The Kier molecular flexibility index (Phi) is 4.90. The number of nitrogens with zero attached hydrogens (tertiary/aromatic N) is 4. The van der Waals surface area contributed by atoms with Crippen LogP contribution in [0.15, 0.2) is 18.2 Å². The highest BCUT2D eigenvalue weighted by Crippen LogP contribution is 2.22. The van der Waals surface area contributed by atoms with E-state index in [4.69, 9.17) is 16.3 Å². The van der Waals surface area contributed by atoms with Gasteiger partial charge in [-0.25, -0.2) is 0 Å². The molecular weight excluding hydrogens is 290 g/mol. The van der Waals surface area contributed by atoms with Gasteiger partial charge in [0.25, 0.3) is 0 Å². The van der Waals surface area contributed by atoms with Crippen LogP contribution in [0.25, 0.3) is 0 Å². The summed E-state index contributed by atoms with van der Waals surface area (Å²) in [5.41, 5.74) is 2.01. The van der Waals surface area contributed by atoms with Crippen LogP contribution < -0.4 is 10.1 Å². The first kappa shape index (κ1) is 15.0. The van der Waals surface area contributed by atoms with Crippen molar-refractivity contribution < 1.29 is 4.74 Å². The summed E-state index contributed by atoms with van der Waals surface area (Å²) in [7, 11) is 0. The van der Waals surface area contributed by atoms with Gasteiger partial charge in [0, 0.05) is 0 Å². The summed E-state index contributed by atoms with van der Waals surface area (Å²) >= 11 is 5.85. The van der Waals surface area contributed by atoms with Crippen molar-refractivity contribution in [3.8, 4) is 12.1 Å². The van der Waals surface area contributed by atoms with Crippen molar-refractivity contribution in [1.29, 1.82) is 5.26 Å². The molecule has 0 aliphatic heterocycles. The second kappa shape index (κ2) is 6.86. The van der Waals surface area contributed by atoms with Crippen LogP contribution in [0, 0.1) is 18.3 Å². The van der Waals surface area contributed by atoms with Crippen LogP contribution in [0.3, 0.4) is 0 Å². The van der Waals surface area contributed by atoms with Crippen molar-refractivity contribution in [2.45, 2.75) is 20.3 Å². The lowest BCUT2D eigenvalue weighted by Gasteiger charge is -2.09. The third-order valence-corrected chi connectivity index (χ3v) is 2.82. The summed E-state index contributed by atoms with van der Waals surface area (Å²) in [5.74, 6) is 0.239. The highest BCUT2D eigenvalue weighted by atomic mass is 35.5.